The number of hydrogen-bond donors (Lipinski definition) is 0. The normalized spacial score (nSPS) is 11.2. The van der Waals surface area contributed by atoms with Crippen LogP contribution >= 0.6 is 0 Å². The van der Waals surface area contributed by atoms with Gasteiger partial charge in [0.1, 0.15) is 5.75 Å². The van der Waals surface area contributed by atoms with E-state index in [0.29, 0.717) is 25.6 Å². The van der Waals surface area contributed by atoms with Gasteiger partial charge in [0.2, 0.25) is 5.91 Å². The van der Waals surface area contributed by atoms with E-state index in [0.717, 1.165) is 17.7 Å². The minimum atomic E-state index is -0.276. The van der Waals surface area contributed by atoms with Crippen molar-refractivity contribution in [3.63, 3.8) is 0 Å². The maximum Gasteiger partial charge on any atom is 0.307 e. The monoisotopic (exact) mass is 375 g/mol. The van der Waals surface area contributed by atoms with Crippen LogP contribution in [0.1, 0.15) is 53.0 Å². The summed E-state index contributed by atoms with van der Waals surface area (Å²) in [7, 11) is 0. The highest BCUT2D eigenvalue weighted by atomic mass is 16.5. The zero-order valence-electron chi connectivity index (χ0n) is 17.2. The number of carbonyl (C=O) groups excluding carboxylic acids is 2. The number of esters is 1. The van der Waals surface area contributed by atoms with Crippen molar-refractivity contribution >= 4 is 18.0 Å². The van der Waals surface area contributed by atoms with Crippen molar-refractivity contribution < 1.29 is 19.1 Å². The second-order valence-electron chi connectivity index (χ2n) is 7.14. The van der Waals surface area contributed by atoms with Gasteiger partial charge in [0, 0.05) is 19.2 Å². The Bertz CT molecular complexity index is 622. The predicted molar refractivity (Wildman–Crippen MR) is 109 cm³/mol. The molecular weight excluding hydrogens is 342 g/mol. The maximum atomic E-state index is 12.6. The van der Waals surface area contributed by atoms with Gasteiger partial charge in [0.25, 0.3) is 0 Å². The number of carbonyl (C=O) groups is 2. The molecule has 0 aromatic heterocycles. The lowest BCUT2D eigenvalue weighted by molar-refractivity contribution is -0.143. The summed E-state index contributed by atoms with van der Waals surface area (Å²) in [5, 5.41) is 0. The standard InChI is InChI=1S/C22H33NO4/c1-6-26-22(25)13-15-23(14-12-17(2)3)21(24)11-10-19-8-7-9-20(16-19)27-18(4)5/h7-11,16-18H,6,12-15H2,1-5H3/b11-10+. The van der Waals surface area contributed by atoms with Crippen LogP contribution in [0.2, 0.25) is 0 Å². The molecule has 0 saturated heterocycles. The van der Waals surface area contributed by atoms with Crippen molar-refractivity contribution in [2.45, 2.75) is 53.6 Å². The minimum Gasteiger partial charge on any atom is -0.491 e. The number of nitrogens with zero attached hydrogens (tertiary/aromatic N) is 1. The molecule has 0 aliphatic rings. The summed E-state index contributed by atoms with van der Waals surface area (Å²) in [4.78, 5) is 25.9. The third-order valence-electron chi connectivity index (χ3n) is 3.83. The molecule has 0 N–H and O–H groups in total. The van der Waals surface area contributed by atoms with E-state index >= 15 is 0 Å². The van der Waals surface area contributed by atoms with Crippen molar-refractivity contribution in [1.29, 1.82) is 0 Å². The van der Waals surface area contributed by atoms with Crippen LogP contribution in [0.4, 0.5) is 0 Å². The van der Waals surface area contributed by atoms with Gasteiger partial charge in [-0.25, -0.2) is 0 Å². The highest BCUT2D eigenvalue weighted by molar-refractivity contribution is 5.92. The lowest BCUT2D eigenvalue weighted by Crippen LogP contribution is -2.33. The van der Waals surface area contributed by atoms with E-state index in [9.17, 15) is 9.59 Å². The van der Waals surface area contributed by atoms with Crippen LogP contribution in [-0.2, 0) is 14.3 Å². The minimum absolute atomic E-state index is 0.0975. The molecule has 0 unspecified atom stereocenters. The van der Waals surface area contributed by atoms with E-state index in [-0.39, 0.29) is 24.4 Å². The number of amides is 1. The molecule has 0 heterocycles. The predicted octanol–water partition coefficient (Wildman–Crippen LogP) is 4.31. The van der Waals surface area contributed by atoms with Crippen LogP contribution in [0.25, 0.3) is 6.08 Å². The summed E-state index contributed by atoms with van der Waals surface area (Å²) >= 11 is 0. The Balaban J connectivity index is 2.75. The van der Waals surface area contributed by atoms with Crippen molar-refractivity contribution in [3.05, 3.63) is 35.9 Å². The molecule has 0 aliphatic heterocycles. The molecule has 0 fully saturated rings. The third-order valence-corrected chi connectivity index (χ3v) is 3.83. The van der Waals surface area contributed by atoms with E-state index in [2.05, 4.69) is 13.8 Å². The average Bonchev–Trinajstić information content (AvgIpc) is 2.59. The molecular formula is C22H33NO4. The molecule has 0 aliphatic carbocycles. The largest absolute Gasteiger partial charge is 0.491 e. The van der Waals surface area contributed by atoms with E-state index in [4.69, 9.17) is 9.47 Å². The Labute approximate surface area is 163 Å². The van der Waals surface area contributed by atoms with Crippen molar-refractivity contribution in [3.8, 4) is 5.75 Å². The van der Waals surface area contributed by atoms with E-state index in [1.165, 1.54) is 0 Å². The maximum absolute atomic E-state index is 12.6. The van der Waals surface area contributed by atoms with Gasteiger partial charge in [-0.15, -0.1) is 0 Å². The van der Waals surface area contributed by atoms with Crippen molar-refractivity contribution in [2.24, 2.45) is 5.92 Å². The summed E-state index contributed by atoms with van der Waals surface area (Å²) in [6.45, 7) is 11.3. The molecule has 0 saturated carbocycles. The molecule has 5 nitrogen and oxygen atoms in total. The highest BCUT2D eigenvalue weighted by Gasteiger charge is 2.14. The average molecular weight is 376 g/mol. The molecule has 0 bridgehead atoms. The first-order valence-electron chi connectivity index (χ1n) is 9.71. The molecule has 5 heteroatoms. The summed E-state index contributed by atoms with van der Waals surface area (Å²) in [6, 6.07) is 7.63. The second kappa shape index (κ2) is 12.2. The van der Waals surface area contributed by atoms with Gasteiger partial charge in [-0.05, 0) is 56.9 Å². The van der Waals surface area contributed by atoms with Crippen molar-refractivity contribution in [1.82, 2.24) is 4.90 Å². The Hall–Kier alpha value is -2.30. The lowest BCUT2D eigenvalue weighted by atomic mass is 10.1. The van der Waals surface area contributed by atoms with E-state index in [1.807, 2.05) is 38.1 Å². The first-order chi connectivity index (χ1) is 12.8. The first kappa shape index (κ1) is 22.7. The summed E-state index contributed by atoms with van der Waals surface area (Å²) in [5.41, 5.74) is 0.899. The molecule has 0 atom stereocenters. The fraction of sp³-hybridized carbons (Fsp3) is 0.545. The zero-order chi connectivity index (χ0) is 20.2. The number of rotatable bonds is 11. The quantitative estimate of drug-likeness (QED) is 0.427. The molecule has 0 radical (unpaired) electrons. The number of benzene rings is 1. The van der Waals surface area contributed by atoms with Crippen LogP contribution in [-0.4, -0.2) is 42.6 Å². The fourth-order valence-electron chi connectivity index (χ4n) is 2.44. The van der Waals surface area contributed by atoms with E-state index < -0.39 is 0 Å². The fourth-order valence-corrected chi connectivity index (χ4v) is 2.44. The summed E-state index contributed by atoms with van der Waals surface area (Å²) in [5.74, 6) is 0.882. The zero-order valence-corrected chi connectivity index (χ0v) is 17.2. The molecule has 1 rings (SSSR count). The van der Waals surface area contributed by atoms with Gasteiger partial charge in [0.05, 0.1) is 19.1 Å². The Morgan fingerprint density at radius 1 is 1.15 bits per heavy atom. The number of hydrogen-bond acceptors (Lipinski definition) is 4. The lowest BCUT2D eigenvalue weighted by Gasteiger charge is -2.22. The van der Waals surface area contributed by atoms with Crippen LogP contribution < -0.4 is 4.74 Å². The van der Waals surface area contributed by atoms with Crippen LogP contribution in [0.3, 0.4) is 0 Å². The molecule has 150 valence electrons. The van der Waals surface area contributed by atoms with Gasteiger partial charge in [-0.3, -0.25) is 9.59 Å². The molecule has 1 amide bonds. The van der Waals surface area contributed by atoms with Crippen LogP contribution in [0, 0.1) is 5.92 Å². The first-order valence-corrected chi connectivity index (χ1v) is 9.71. The van der Waals surface area contributed by atoms with Crippen LogP contribution in [0.15, 0.2) is 30.3 Å². The Kier molecular flexibility index (Phi) is 10.2. The molecule has 1 aromatic carbocycles. The van der Waals surface area contributed by atoms with Gasteiger partial charge in [0.15, 0.2) is 0 Å². The van der Waals surface area contributed by atoms with Gasteiger partial charge in [-0.1, -0.05) is 26.0 Å². The topological polar surface area (TPSA) is 55.8 Å². The van der Waals surface area contributed by atoms with E-state index in [1.54, 1.807) is 24.0 Å². The summed E-state index contributed by atoms with van der Waals surface area (Å²) in [6.07, 6.45) is 4.53. The summed E-state index contributed by atoms with van der Waals surface area (Å²) < 4.78 is 10.6. The smallest absolute Gasteiger partial charge is 0.307 e. The van der Waals surface area contributed by atoms with Crippen LogP contribution in [0.5, 0.6) is 5.75 Å². The molecule has 0 spiro atoms. The van der Waals surface area contributed by atoms with Gasteiger partial charge in [-0.2, -0.15) is 0 Å². The van der Waals surface area contributed by atoms with Crippen molar-refractivity contribution in [2.75, 3.05) is 19.7 Å². The number of ether oxygens (including phenoxy) is 2. The molecule has 27 heavy (non-hydrogen) atoms. The van der Waals surface area contributed by atoms with Gasteiger partial charge < -0.3 is 14.4 Å². The SMILES string of the molecule is CCOC(=O)CCN(CCC(C)C)C(=O)/C=C/c1cccc(OC(C)C)c1. The second-order valence-corrected chi connectivity index (χ2v) is 7.14. The molecule has 1 aromatic rings. The Morgan fingerprint density at radius 3 is 2.52 bits per heavy atom. The van der Waals surface area contributed by atoms with Gasteiger partial charge >= 0.3 is 5.97 Å². The third kappa shape index (κ3) is 9.83. The Morgan fingerprint density at radius 2 is 1.89 bits per heavy atom. The highest BCUT2D eigenvalue weighted by Crippen LogP contribution is 2.16.